The van der Waals surface area contributed by atoms with Crippen molar-refractivity contribution in [3.05, 3.63) is 39.8 Å². The Bertz CT molecular complexity index is 801. The third kappa shape index (κ3) is 4.65. The molecule has 2 aromatic rings. The van der Waals surface area contributed by atoms with Gasteiger partial charge in [-0.15, -0.1) is 5.10 Å². The van der Waals surface area contributed by atoms with E-state index in [1.54, 1.807) is 31.2 Å². The van der Waals surface area contributed by atoms with Gasteiger partial charge >= 0.3 is 5.69 Å². The van der Waals surface area contributed by atoms with E-state index in [2.05, 4.69) is 15.5 Å². The number of benzene rings is 1. The molecule has 0 bridgehead atoms. The second kappa shape index (κ2) is 8.07. The number of carbonyl (C=O) groups excluding carboxylic acids is 1. The monoisotopic (exact) mass is 382 g/mol. The van der Waals surface area contributed by atoms with Gasteiger partial charge in [-0.1, -0.05) is 29.4 Å². The van der Waals surface area contributed by atoms with Gasteiger partial charge in [0.25, 0.3) is 0 Å². The number of nitrogens with zero attached hydrogens (tertiary/aromatic N) is 2. The second-order valence-electron chi connectivity index (χ2n) is 5.82. The van der Waals surface area contributed by atoms with Gasteiger partial charge in [-0.2, -0.15) is 0 Å². The Kier molecular flexibility index (Phi) is 5.82. The van der Waals surface area contributed by atoms with Crippen molar-refractivity contribution >= 4 is 35.0 Å². The Morgan fingerprint density at radius 1 is 1.60 bits per heavy atom. The first-order valence-electron chi connectivity index (χ1n) is 8.03. The van der Waals surface area contributed by atoms with E-state index >= 15 is 0 Å². The fourth-order valence-corrected chi connectivity index (χ4v) is 3.62. The molecule has 134 valence electrons. The van der Waals surface area contributed by atoms with Crippen molar-refractivity contribution in [2.24, 2.45) is 0 Å². The molecule has 7 nitrogen and oxygen atoms in total. The van der Waals surface area contributed by atoms with Crippen LogP contribution in [-0.2, 0) is 16.1 Å². The van der Waals surface area contributed by atoms with E-state index in [0.717, 1.165) is 19.4 Å². The average Bonchev–Trinajstić information content (AvgIpc) is 3.20. The van der Waals surface area contributed by atoms with Crippen LogP contribution in [0.15, 0.2) is 34.2 Å². The van der Waals surface area contributed by atoms with Crippen LogP contribution in [0, 0.1) is 0 Å². The summed E-state index contributed by atoms with van der Waals surface area (Å²) in [6, 6.07) is 6.95. The van der Waals surface area contributed by atoms with Crippen molar-refractivity contribution in [1.29, 1.82) is 0 Å². The molecule has 0 aliphatic carbocycles. The number of nitrogens with one attached hydrogen (secondary N) is 2. The lowest BCUT2D eigenvalue weighted by Crippen LogP contribution is -2.26. The molecule has 0 saturated carbocycles. The largest absolute Gasteiger partial charge is 0.376 e. The summed E-state index contributed by atoms with van der Waals surface area (Å²) in [5.41, 5.74) is 0.337. The number of anilines is 1. The molecule has 25 heavy (non-hydrogen) atoms. The zero-order valence-electron chi connectivity index (χ0n) is 13.7. The van der Waals surface area contributed by atoms with Gasteiger partial charge in [0.2, 0.25) is 5.91 Å². The zero-order valence-corrected chi connectivity index (χ0v) is 15.3. The summed E-state index contributed by atoms with van der Waals surface area (Å²) in [6.07, 6.45) is 1.94. The smallest absolute Gasteiger partial charge is 0.344 e. The normalized spacial score (nSPS) is 18.2. The van der Waals surface area contributed by atoms with E-state index in [1.165, 1.54) is 16.3 Å². The molecule has 9 heteroatoms. The molecule has 1 aliphatic heterocycles. The maximum Gasteiger partial charge on any atom is 0.344 e. The summed E-state index contributed by atoms with van der Waals surface area (Å²) in [4.78, 5) is 24.3. The molecule has 1 saturated heterocycles. The first-order valence-corrected chi connectivity index (χ1v) is 9.28. The summed E-state index contributed by atoms with van der Waals surface area (Å²) in [5.74, 6) is -0.189. The standard InChI is InChI=1S/C16H19ClN4O3S/c1-10(14(22)18-12-5-2-4-11(17)8-12)25-16-20-19-15(23)21(16)9-13-6-3-7-24-13/h2,4-5,8,10,13H,3,6-7,9H2,1H3,(H,18,22)(H,19,23). The van der Waals surface area contributed by atoms with Crippen LogP contribution >= 0.6 is 23.4 Å². The summed E-state index contributed by atoms with van der Waals surface area (Å²) < 4.78 is 7.11. The van der Waals surface area contributed by atoms with Crippen LogP contribution in [0.4, 0.5) is 5.69 Å². The number of aromatic amines is 1. The third-order valence-electron chi connectivity index (χ3n) is 3.88. The minimum Gasteiger partial charge on any atom is -0.376 e. The van der Waals surface area contributed by atoms with E-state index in [0.29, 0.717) is 22.4 Å². The first kappa shape index (κ1) is 18.0. The number of aromatic nitrogens is 3. The van der Waals surface area contributed by atoms with Gasteiger partial charge in [0, 0.05) is 17.3 Å². The molecule has 2 atom stereocenters. The first-order chi connectivity index (χ1) is 12.0. The zero-order chi connectivity index (χ0) is 17.8. The van der Waals surface area contributed by atoms with Crippen molar-refractivity contribution in [3.8, 4) is 0 Å². The molecule has 1 aromatic heterocycles. The molecule has 3 rings (SSSR count). The molecule has 2 unspecified atom stereocenters. The van der Waals surface area contributed by atoms with Crippen molar-refractivity contribution in [2.45, 2.75) is 42.8 Å². The van der Waals surface area contributed by atoms with E-state index in [-0.39, 0.29) is 17.7 Å². The highest BCUT2D eigenvalue weighted by molar-refractivity contribution is 8.00. The second-order valence-corrected chi connectivity index (χ2v) is 7.56. The molecule has 1 fully saturated rings. The van der Waals surface area contributed by atoms with E-state index < -0.39 is 5.25 Å². The van der Waals surface area contributed by atoms with Crippen molar-refractivity contribution in [2.75, 3.05) is 11.9 Å². The maximum absolute atomic E-state index is 12.4. The van der Waals surface area contributed by atoms with Crippen molar-refractivity contribution < 1.29 is 9.53 Å². The fourth-order valence-electron chi connectivity index (χ4n) is 2.57. The summed E-state index contributed by atoms with van der Waals surface area (Å²) >= 11 is 7.15. The van der Waals surface area contributed by atoms with Crippen LogP contribution in [0.25, 0.3) is 0 Å². The molecular weight excluding hydrogens is 364 g/mol. The number of amides is 1. The van der Waals surface area contributed by atoms with Gasteiger partial charge < -0.3 is 10.1 Å². The number of thioether (sulfide) groups is 1. The Hall–Kier alpha value is -1.77. The average molecular weight is 383 g/mol. The highest BCUT2D eigenvalue weighted by Gasteiger charge is 2.23. The highest BCUT2D eigenvalue weighted by atomic mass is 35.5. The van der Waals surface area contributed by atoms with Gasteiger partial charge in [0.1, 0.15) is 0 Å². The third-order valence-corrected chi connectivity index (χ3v) is 5.20. The minimum absolute atomic E-state index is 0.0187. The van der Waals surface area contributed by atoms with Gasteiger partial charge in [-0.25, -0.2) is 9.89 Å². The fraction of sp³-hybridized carbons (Fsp3) is 0.438. The molecule has 0 spiro atoms. The number of ether oxygens (including phenoxy) is 1. The molecule has 2 N–H and O–H groups in total. The van der Waals surface area contributed by atoms with Crippen LogP contribution in [0.5, 0.6) is 0 Å². The minimum atomic E-state index is -0.433. The summed E-state index contributed by atoms with van der Waals surface area (Å²) in [5, 5.41) is 9.88. The lowest BCUT2D eigenvalue weighted by molar-refractivity contribution is -0.115. The number of hydrogen-bond donors (Lipinski definition) is 2. The molecule has 1 aliphatic rings. The van der Waals surface area contributed by atoms with Crippen molar-refractivity contribution in [3.63, 3.8) is 0 Å². The van der Waals surface area contributed by atoms with Crippen LogP contribution < -0.4 is 11.0 Å². The number of rotatable bonds is 6. The maximum atomic E-state index is 12.4. The predicted octanol–water partition coefficient (Wildman–Crippen LogP) is 2.52. The summed E-state index contributed by atoms with van der Waals surface area (Å²) in [6.45, 7) is 2.93. The molecule has 2 heterocycles. The number of H-pyrrole nitrogens is 1. The Morgan fingerprint density at radius 2 is 2.44 bits per heavy atom. The molecule has 1 amide bonds. The Morgan fingerprint density at radius 3 is 3.16 bits per heavy atom. The number of halogens is 1. The van der Waals surface area contributed by atoms with Gasteiger partial charge in [-0.05, 0) is 38.0 Å². The van der Waals surface area contributed by atoms with Crippen molar-refractivity contribution in [1.82, 2.24) is 14.8 Å². The number of hydrogen-bond acceptors (Lipinski definition) is 5. The SMILES string of the molecule is CC(Sc1n[nH]c(=O)n1CC1CCCO1)C(=O)Nc1cccc(Cl)c1. The predicted molar refractivity (Wildman–Crippen MR) is 97.2 cm³/mol. The molecule has 0 radical (unpaired) electrons. The Balaban J connectivity index is 1.65. The van der Waals surface area contributed by atoms with E-state index in [9.17, 15) is 9.59 Å². The molecule has 1 aromatic carbocycles. The van der Waals surface area contributed by atoms with Crippen LogP contribution in [0.3, 0.4) is 0 Å². The van der Waals surface area contributed by atoms with Crippen LogP contribution in [-0.4, -0.2) is 38.6 Å². The topological polar surface area (TPSA) is 89.0 Å². The van der Waals surface area contributed by atoms with Crippen LogP contribution in [0.1, 0.15) is 19.8 Å². The van der Waals surface area contributed by atoms with E-state index in [1.807, 2.05) is 0 Å². The number of carbonyl (C=O) groups is 1. The van der Waals surface area contributed by atoms with E-state index in [4.69, 9.17) is 16.3 Å². The Labute approximate surface area is 154 Å². The molecular formula is C16H19ClN4O3S. The quantitative estimate of drug-likeness (QED) is 0.749. The van der Waals surface area contributed by atoms with Gasteiger partial charge in [-0.3, -0.25) is 9.36 Å². The van der Waals surface area contributed by atoms with Crippen LogP contribution in [0.2, 0.25) is 5.02 Å². The summed E-state index contributed by atoms with van der Waals surface area (Å²) in [7, 11) is 0. The lowest BCUT2D eigenvalue weighted by atomic mass is 10.2. The highest BCUT2D eigenvalue weighted by Crippen LogP contribution is 2.23. The lowest BCUT2D eigenvalue weighted by Gasteiger charge is -2.14. The van der Waals surface area contributed by atoms with Gasteiger partial charge in [0.05, 0.1) is 17.9 Å². The van der Waals surface area contributed by atoms with Gasteiger partial charge in [0.15, 0.2) is 5.16 Å².